The Morgan fingerprint density at radius 3 is 3.05 bits per heavy atom. The Morgan fingerprint density at radius 2 is 2.32 bits per heavy atom. The summed E-state index contributed by atoms with van der Waals surface area (Å²) in [5, 5.41) is 13.0. The summed E-state index contributed by atoms with van der Waals surface area (Å²) in [6.45, 7) is 3.58. The molecule has 0 saturated carbocycles. The lowest BCUT2D eigenvalue weighted by molar-refractivity contribution is 0.446. The number of phenols is 1. The van der Waals surface area contributed by atoms with Crippen LogP contribution in [0.15, 0.2) is 36.9 Å². The van der Waals surface area contributed by atoms with Gasteiger partial charge in [0.05, 0.1) is 6.33 Å². The van der Waals surface area contributed by atoms with Crippen molar-refractivity contribution in [1.82, 2.24) is 14.9 Å². The Morgan fingerprint density at radius 1 is 1.47 bits per heavy atom. The zero-order chi connectivity index (χ0) is 13.7. The standard InChI is InChI=1S/C14H18FN3O/c1-11(13-9-12(15)3-4-14(13)19)17-5-2-7-18-8-6-16-10-18/h3-4,6,8-11,17,19H,2,5,7H2,1H3. The van der Waals surface area contributed by atoms with Gasteiger partial charge < -0.3 is 15.0 Å². The average Bonchev–Trinajstić information content (AvgIpc) is 2.90. The van der Waals surface area contributed by atoms with Crippen LogP contribution in [0.3, 0.4) is 0 Å². The predicted octanol–water partition coefficient (Wildman–Crippen LogP) is 2.47. The quantitative estimate of drug-likeness (QED) is 0.787. The number of benzene rings is 1. The van der Waals surface area contributed by atoms with E-state index in [1.807, 2.05) is 17.7 Å². The lowest BCUT2D eigenvalue weighted by atomic mass is 10.1. The largest absolute Gasteiger partial charge is 0.508 e. The maximum Gasteiger partial charge on any atom is 0.123 e. The van der Waals surface area contributed by atoms with E-state index in [0.29, 0.717) is 5.56 Å². The first kappa shape index (κ1) is 13.5. The molecule has 4 nitrogen and oxygen atoms in total. The van der Waals surface area contributed by atoms with Crippen LogP contribution in [0, 0.1) is 5.82 Å². The van der Waals surface area contributed by atoms with Crippen molar-refractivity contribution >= 4 is 0 Å². The summed E-state index contributed by atoms with van der Waals surface area (Å²) >= 11 is 0. The van der Waals surface area contributed by atoms with E-state index >= 15 is 0 Å². The number of aromatic hydroxyl groups is 1. The third-order valence-corrected chi connectivity index (χ3v) is 3.06. The number of hydrogen-bond donors (Lipinski definition) is 2. The Hall–Kier alpha value is -1.88. The summed E-state index contributed by atoms with van der Waals surface area (Å²) in [6, 6.07) is 3.92. The van der Waals surface area contributed by atoms with Crippen LogP contribution < -0.4 is 5.32 Å². The molecule has 0 spiro atoms. The predicted molar refractivity (Wildman–Crippen MR) is 71.3 cm³/mol. The highest BCUT2D eigenvalue weighted by Crippen LogP contribution is 2.24. The molecular weight excluding hydrogens is 245 g/mol. The number of nitrogens with one attached hydrogen (secondary N) is 1. The molecule has 0 bridgehead atoms. The minimum Gasteiger partial charge on any atom is -0.508 e. The molecule has 2 aromatic rings. The topological polar surface area (TPSA) is 50.1 Å². The van der Waals surface area contributed by atoms with Gasteiger partial charge in [-0.05, 0) is 38.1 Å². The van der Waals surface area contributed by atoms with E-state index in [4.69, 9.17) is 0 Å². The molecule has 1 aromatic heterocycles. The molecule has 0 aliphatic carbocycles. The number of aromatic nitrogens is 2. The molecule has 1 atom stereocenters. The van der Waals surface area contributed by atoms with Gasteiger partial charge in [0.1, 0.15) is 11.6 Å². The first-order chi connectivity index (χ1) is 9.16. The zero-order valence-corrected chi connectivity index (χ0v) is 10.9. The van der Waals surface area contributed by atoms with Crippen molar-refractivity contribution in [3.63, 3.8) is 0 Å². The molecule has 102 valence electrons. The Labute approximate surface area is 111 Å². The van der Waals surface area contributed by atoms with Crippen LogP contribution in [0.5, 0.6) is 5.75 Å². The number of halogens is 1. The zero-order valence-electron chi connectivity index (χ0n) is 10.9. The van der Waals surface area contributed by atoms with Gasteiger partial charge in [-0.3, -0.25) is 0 Å². The highest BCUT2D eigenvalue weighted by atomic mass is 19.1. The fourth-order valence-corrected chi connectivity index (χ4v) is 1.98. The van der Waals surface area contributed by atoms with Gasteiger partial charge in [-0.2, -0.15) is 0 Å². The summed E-state index contributed by atoms with van der Waals surface area (Å²) in [7, 11) is 0. The van der Waals surface area contributed by atoms with E-state index in [-0.39, 0.29) is 17.6 Å². The van der Waals surface area contributed by atoms with Crippen molar-refractivity contribution in [3.8, 4) is 5.75 Å². The van der Waals surface area contributed by atoms with Crippen molar-refractivity contribution in [3.05, 3.63) is 48.3 Å². The fourth-order valence-electron chi connectivity index (χ4n) is 1.98. The monoisotopic (exact) mass is 263 g/mol. The first-order valence-electron chi connectivity index (χ1n) is 6.34. The summed E-state index contributed by atoms with van der Waals surface area (Å²) in [5.41, 5.74) is 0.586. The molecule has 0 saturated heterocycles. The van der Waals surface area contributed by atoms with E-state index < -0.39 is 0 Å². The molecule has 0 fully saturated rings. The van der Waals surface area contributed by atoms with Crippen molar-refractivity contribution in [1.29, 1.82) is 0 Å². The number of aryl methyl sites for hydroxylation is 1. The van der Waals surface area contributed by atoms with Crippen LogP contribution >= 0.6 is 0 Å². The number of nitrogens with zero attached hydrogens (tertiary/aromatic N) is 2. The van der Waals surface area contributed by atoms with Gasteiger partial charge in [0.25, 0.3) is 0 Å². The molecule has 1 heterocycles. The first-order valence-corrected chi connectivity index (χ1v) is 6.34. The molecule has 1 unspecified atom stereocenters. The minimum absolute atomic E-state index is 0.0847. The summed E-state index contributed by atoms with van der Waals surface area (Å²) in [5.74, 6) is -0.212. The fraction of sp³-hybridized carbons (Fsp3) is 0.357. The minimum atomic E-state index is -0.333. The lowest BCUT2D eigenvalue weighted by Crippen LogP contribution is -2.21. The summed E-state index contributed by atoms with van der Waals surface area (Å²) < 4.78 is 15.1. The van der Waals surface area contributed by atoms with Gasteiger partial charge in [0.2, 0.25) is 0 Å². The molecule has 2 rings (SSSR count). The Bertz CT molecular complexity index is 513. The normalized spacial score (nSPS) is 12.5. The number of rotatable bonds is 6. The molecule has 1 aromatic carbocycles. The molecule has 0 radical (unpaired) electrons. The van der Waals surface area contributed by atoms with Gasteiger partial charge in [-0.1, -0.05) is 0 Å². The highest BCUT2D eigenvalue weighted by Gasteiger charge is 2.10. The van der Waals surface area contributed by atoms with Crippen LogP contribution in [0.4, 0.5) is 4.39 Å². The summed E-state index contributed by atoms with van der Waals surface area (Å²) in [4.78, 5) is 3.97. The Balaban J connectivity index is 1.80. The van der Waals surface area contributed by atoms with Gasteiger partial charge in [-0.15, -0.1) is 0 Å². The van der Waals surface area contributed by atoms with Gasteiger partial charge >= 0.3 is 0 Å². The van der Waals surface area contributed by atoms with Gasteiger partial charge in [0, 0.05) is 30.5 Å². The van der Waals surface area contributed by atoms with Crippen molar-refractivity contribution in [2.24, 2.45) is 0 Å². The molecule has 19 heavy (non-hydrogen) atoms. The van der Waals surface area contributed by atoms with E-state index in [1.54, 1.807) is 12.5 Å². The molecule has 2 N–H and O–H groups in total. The third-order valence-electron chi connectivity index (χ3n) is 3.06. The maximum absolute atomic E-state index is 13.1. The molecule has 0 aliphatic rings. The van der Waals surface area contributed by atoms with Crippen LogP contribution in [0.25, 0.3) is 0 Å². The van der Waals surface area contributed by atoms with Gasteiger partial charge in [-0.25, -0.2) is 9.37 Å². The van der Waals surface area contributed by atoms with E-state index in [9.17, 15) is 9.50 Å². The van der Waals surface area contributed by atoms with E-state index in [0.717, 1.165) is 19.5 Å². The number of hydrogen-bond acceptors (Lipinski definition) is 3. The van der Waals surface area contributed by atoms with Crippen LogP contribution in [0.2, 0.25) is 0 Å². The van der Waals surface area contributed by atoms with Gasteiger partial charge in [0.15, 0.2) is 0 Å². The second-order valence-corrected chi connectivity index (χ2v) is 4.53. The van der Waals surface area contributed by atoms with Crippen LogP contribution in [-0.4, -0.2) is 21.2 Å². The lowest BCUT2D eigenvalue weighted by Gasteiger charge is -2.15. The van der Waals surface area contributed by atoms with Crippen molar-refractivity contribution in [2.45, 2.75) is 25.9 Å². The second-order valence-electron chi connectivity index (χ2n) is 4.53. The SMILES string of the molecule is CC(NCCCn1ccnc1)c1cc(F)ccc1O. The van der Waals surface area contributed by atoms with E-state index in [2.05, 4.69) is 10.3 Å². The average molecular weight is 263 g/mol. The number of phenolic OH excluding ortho intramolecular Hbond substituents is 1. The van der Waals surface area contributed by atoms with Crippen molar-refractivity contribution in [2.75, 3.05) is 6.54 Å². The molecular formula is C14H18FN3O. The van der Waals surface area contributed by atoms with E-state index in [1.165, 1.54) is 18.2 Å². The molecule has 5 heteroatoms. The number of imidazole rings is 1. The summed E-state index contributed by atoms with van der Waals surface area (Å²) in [6.07, 6.45) is 6.39. The molecule has 0 aliphatic heterocycles. The highest BCUT2D eigenvalue weighted by molar-refractivity contribution is 5.34. The third kappa shape index (κ3) is 3.79. The second kappa shape index (κ2) is 6.33. The maximum atomic E-state index is 13.1. The Kier molecular flexibility index (Phi) is 4.52. The smallest absolute Gasteiger partial charge is 0.123 e. The van der Waals surface area contributed by atoms with Crippen molar-refractivity contribution < 1.29 is 9.50 Å². The molecule has 0 amide bonds. The van der Waals surface area contributed by atoms with Crippen LogP contribution in [0.1, 0.15) is 24.9 Å². The van der Waals surface area contributed by atoms with Crippen LogP contribution in [-0.2, 0) is 6.54 Å².